The Morgan fingerprint density at radius 1 is 0.357 bits per heavy atom. The van der Waals surface area contributed by atoms with E-state index in [0.717, 1.165) is 55.1 Å². The fraction of sp³-hybridized carbons (Fsp3) is 0. The first-order valence-electron chi connectivity index (χ1n) is 18.8. The smallest absolute Gasteiger partial charge is 0.165 e. The van der Waals surface area contributed by atoms with E-state index in [1.165, 1.54) is 47.1 Å². The normalized spacial score (nSPS) is 11.9. The maximum absolute atomic E-state index is 6.52. The first kappa shape index (κ1) is 31.2. The average Bonchev–Trinajstić information content (AvgIpc) is 3.83. The Balaban J connectivity index is 1.16. The Bertz CT molecular complexity index is 3560. The molecule has 0 atom stereocenters. The molecule has 9 aromatic carbocycles. The van der Waals surface area contributed by atoms with Crippen molar-refractivity contribution in [3.8, 4) is 45.3 Å². The number of nitrogens with zero attached hydrogens (tertiary/aromatic N) is 3. The molecule has 0 fully saturated rings. The maximum atomic E-state index is 6.52. The summed E-state index contributed by atoms with van der Waals surface area (Å²) in [6.45, 7) is 0. The molecule has 0 aliphatic carbocycles. The van der Waals surface area contributed by atoms with E-state index in [9.17, 15) is 0 Å². The van der Waals surface area contributed by atoms with Crippen LogP contribution in [0.25, 0.3) is 120 Å². The van der Waals surface area contributed by atoms with Crippen LogP contribution in [0.5, 0.6) is 0 Å². The van der Waals surface area contributed by atoms with Crippen LogP contribution < -0.4 is 0 Å². The van der Waals surface area contributed by atoms with Crippen molar-refractivity contribution in [1.82, 2.24) is 15.0 Å². The second-order valence-corrected chi connectivity index (χ2v) is 15.4. The molecule has 0 unspecified atom stereocenters. The highest BCUT2D eigenvalue weighted by molar-refractivity contribution is 7.25. The van der Waals surface area contributed by atoms with Gasteiger partial charge in [0.2, 0.25) is 0 Å². The van der Waals surface area contributed by atoms with Gasteiger partial charge in [0.05, 0.1) is 0 Å². The minimum absolute atomic E-state index is 0.597. The van der Waals surface area contributed by atoms with Gasteiger partial charge in [-0.2, -0.15) is 0 Å². The van der Waals surface area contributed by atoms with Crippen LogP contribution in [0.3, 0.4) is 0 Å². The molecular weight excluding hydrogens is 703 g/mol. The van der Waals surface area contributed by atoms with Gasteiger partial charge in [0, 0.05) is 47.6 Å². The molecular formula is C51H29N3OS. The number of hydrogen-bond donors (Lipinski definition) is 0. The molecule has 5 heteroatoms. The Morgan fingerprint density at radius 3 is 1.84 bits per heavy atom. The van der Waals surface area contributed by atoms with Crippen molar-refractivity contribution in [2.24, 2.45) is 0 Å². The number of fused-ring (bicyclic) bond motifs is 10. The quantitative estimate of drug-likeness (QED) is 0.169. The zero-order valence-electron chi connectivity index (χ0n) is 29.9. The van der Waals surface area contributed by atoms with Crippen molar-refractivity contribution < 1.29 is 4.42 Å². The third kappa shape index (κ3) is 4.88. The highest BCUT2D eigenvalue weighted by Gasteiger charge is 2.23. The predicted molar refractivity (Wildman–Crippen MR) is 234 cm³/mol. The molecule has 0 amide bonds. The monoisotopic (exact) mass is 731 g/mol. The third-order valence-corrected chi connectivity index (χ3v) is 12.2. The van der Waals surface area contributed by atoms with Crippen LogP contribution in [0.2, 0.25) is 0 Å². The van der Waals surface area contributed by atoms with E-state index in [4.69, 9.17) is 19.4 Å². The van der Waals surface area contributed by atoms with Gasteiger partial charge in [-0.3, -0.25) is 0 Å². The topological polar surface area (TPSA) is 51.8 Å². The van der Waals surface area contributed by atoms with Crippen molar-refractivity contribution in [3.05, 3.63) is 176 Å². The number of thiophene rings is 1. The fourth-order valence-corrected chi connectivity index (χ4v) is 9.54. The van der Waals surface area contributed by atoms with E-state index in [2.05, 4.69) is 164 Å². The number of aromatic nitrogens is 3. The van der Waals surface area contributed by atoms with E-state index in [1.54, 1.807) is 11.3 Å². The van der Waals surface area contributed by atoms with Gasteiger partial charge >= 0.3 is 0 Å². The van der Waals surface area contributed by atoms with Gasteiger partial charge in [-0.1, -0.05) is 133 Å². The lowest BCUT2D eigenvalue weighted by Crippen LogP contribution is -2.01. The molecule has 0 saturated carbocycles. The molecule has 0 aliphatic rings. The fourth-order valence-electron chi connectivity index (χ4n) is 8.40. The lowest BCUT2D eigenvalue weighted by Gasteiger charge is -2.14. The number of rotatable bonds is 4. The van der Waals surface area contributed by atoms with Gasteiger partial charge in [0.25, 0.3) is 0 Å². The molecule has 3 heterocycles. The van der Waals surface area contributed by atoms with Crippen LogP contribution >= 0.6 is 11.3 Å². The van der Waals surface area contributed by atoms with E-state index < -0.39 is 0 Å². The molecule has 3 aromatic heterocycles. The molecule has 0 aliphatic heterocycles. The van der Waals surface area contributed by atoms with E-state index in [-0.39, 0.29) is 0 Å². The minimum atomic E-state index is 0.597. The number of para-hydroxylation sites is 1. The first-order valence-corrected chi connectivity index (χ1v) is 19.6. The van der Waals surface area contributed by atoms with Crippen LogP contribution in [0, 0.1) is 0 Å². The van der Waals surface area contributed by atoms with E-state index in [1.807, 2.05) is 12.1 Å². The van der Waals surface area contributed by atoms with Crippen LogP contribution in [-0.2, 0) is 0 Å². The molecule has 56 heavy (non-hydrogen) atoms. The minimum Gasteiger partial charge on any atom is -0.456 e. The van der Waals surface area contributed by atoms with Crippen LogP contribution in [0.15, 0.2) is 180 Å². The van der Waals surface area contributed by atoms with Crippen molar-refractivity contribution >= 4 is 85.8 Å². The summed E-state index contributed by atoms with van der Waals surface area (Å²) < 4.78 is 8.98. The lowest BCUT2D eigenvalue weighted by molar-refractivity contribution is 0.669. The van der Waals surface area contributed by atoms with Gasteiger partial charge in [0.1, 0.15) is 11.2 Å². The molecule has 260 valence electrons. The second kappa shape index (κ2) is 12.2. The summed E-state index contributed by atoms with van der Waals surface area (Å²) in [5.41, 5.74) is 6.51. The summed E-state index contributed by atoms with van der Waals surface area (Å²) >= 11 is 1.80. The first-order chi connectivity index (χ1) is 27.7. The molecule has 4 nitrogen and oxygen atoms in total. The molecule has 0 spiro atoms. The highest BCUT2D eigenvalue weighted by Crippen LogP contribution is 2.44. The summed E-state index contributed by atoms with van der Waals surface area (Å²) in [6, 6.07) is 62.2. The molecule has 12 aromatic rings. The van der Waals surface area contributed by atoms with Crippen molar-refractivity contribution in [2.45, 2.75) is 0 Å². The van der Waals surface area contributed by atoms with Crippen molar-refractivity contribution in [2.75, 3.05) is 0 Å². The van der Waals surface area contributed by atoms with Gasteiger partial charge in [0.15, 0.2) is 17.5 Å². The summed E-state index contributed by atoms with van der Waals surface area (Å²) in [4.78, 5) is 16.0. The Labute approximate surface area is 325 Å². The second-order valence-electron chi connectivity index (χ2n) is 14.4. The molecule has 0 N–H and O–H groups in total. The zero-order valence-corrected chi connectivity index (χ0v) is 30.7. The van der Waals surface area contributed by atoms with Gasteiger partial charge < -0.3 is 4.42 Å². The predicted octanol–water partition coefficient (Wildman–Crippen LogP) is 14.3. The van der Waals surface area contributed by atoms with Crippen molar-refractivity contribution in [3.63, 3.8) is 0 Å². The SMILES string of the molecule is c1ccc2cc(-c3nc(-c4ccc5c(c4)sc4ccccc45)nc(-c4c(-c5ccc6ccc7ccccc7c6c5)ccc5oc6ccccc6c45)n3)ccc2c1. The maximum Gasteiger partial charge on any atom is 0.165 e. The van der Waals surface area contributed by atoms with Crippen molar-refractivity contribution in [1.29, 1.82) is 0 Å². The summed E-state index contributed by atoms with van der Waals surface area (Å²) in [5, 5.41) is 11.6. The standard InChI is InChI=1S/C51H29N3OS/c1-2-11-33-27-35(22-17-30(33)9-1)49-52-50(36-23-24-40-39-13-6-8-16-45(39)56-46(40)29-36)54-51(53-49)48-38(25-26-44-47(48)41-14-5-7-15-43(41)55-44)34-21-20-32-19-18-31-10-3-4-12-37(31)42(32)28-34/h1-29H. The summed E-state index contributed by atoms with van der Waals surface area (Å²) in [5.74, 6) is 1.84. The van der Waals surface area contributed by atoms with Gasteiger partial charge in [-0.05, 0) is 85.9 Å². The Morgan fingerprint density at radius 2 is 0.964 bits per heavy atom. The molecule has 12 rings (SSSR count). The Kier molecular flexibility index (Phi) is 6.76. The lowest BCUT2D eigenvalue weighted by atomic mass is 9.92. The van der Waals surface area contributed by atoms with Crippen LogP contribution in [-0.4, -0.2) is 15.0 Å². The van der Waals surface area contributed by atoms with Crippen LogP contribution in [0.4, 0.5) is 0 Å². The summed E-state index contributed by atoms with van der Waals surface area (Å²) in [7, 11) is 0. The van der Waals surface area contributed by atoms with Crippen LogP contribution in [0.1, 0.15) is 0 Å². The molecule has 0 saturated heterocycles. The number of furan rings is 1. The van der Waals surface area contributed by atoms with E-state index in [0.29, 0.717) is 17.5 Å². The highest BCUT2D eigenvalue weighted by atomic mass is 32.1. The average molecular weight is 732 g/mol. The Hall–Kier alpha value is -7.21. The molecule has 0 radical (unpaired) electrons. The summed E-state index contributed by atoms with van der Waals surface area (Å²) in [6.07, 6.45) is 0. The number of hydrogen-bond acceptors (Lipinski definition) is 5. The molecule has 0 bridgehead atoms. The van der Waals surface area contributed by atoms with E-state index >= 15 is 0 Å². The van der Waals surface area contributed by atoms with Gasteiger partial charge in [-0.25, -0.2) is 15.0 Å². The zero-order chi connectivity index (χ0) is 36.7. The third-order valence-electron chi connectivity index (χ3n) is 11.1. The van der Waals surface area contributed by atoms with Gasteiger partial charge in [-0.15, -0.1) is 11.3 Å². The largest absolute Gasteiger partial charge is 0.456 e. The number of benzene rings is 9.